The summed E-state index contributed by atoms with van der Waals surface area (Å²) in [5, 5.41) is 11.9. The van der Waals surface area contributed by atoms with Gasteiger partial charge in [-0.05, 0) is 24.3 Å². The first-order chi connectivity index (χ1) is 13.7. The molecule has 0 spiro atoms. The van der Waals surface area contributed by atoms with Gasteiger partial charge in [-0.2, -0.15) is 0 Å². The second-order valence-corrected chi connectivity index (χ2v) is 7.14. The number of rotatable bonds is 6. The number of ether oxygens (including phenoxy) is 2. The van der Waals surface area contributed by atoms with Crippen molar-refractivity contribution in [2.24, 2.45) is 7.05 Å². The van der Waals surface area contributed by atoms with Gasteiger partial charge in [0.1, 0.15) is 12.7 Å². The van der Waals surface area contributed by atoms with Crippen molar-refractivity contribution in [3.8, 4) is 22.9 Å². The number of hydrogen-bond donors (Lipinski definition) is 1. The van der Waals surface area contributed by atoms with Crippen LogP contribution in [0.1, 0.15) is 0 Å². The van der Waals surface area contributed by atoms with Crippen molar-refractivity contribution in [3.05, 3.63) is 48.8 Å². The maximum atomic E-state index is 12.2. The number of hydrogen-bond acceptors (Lipinski definition) is 7. The van der Waals surface area contributed by atoms with E-state index in [4.69, 9.17) is 9.47 Å². The van der Waals surface area contributed by atoms with Gasteiger partial charge in [0.05, 0.1) is 12.3 Å². The van der Waals surface area contributed by atoms with Gasteiger partial charge in [0.15, 0.2) is 22.5 Å². The summed E-state index contributed by atoms with van der Waals surface area (Å²) < 4.78 is 13.3. The number of carbonyl (C=O) groups is 1. The Balaban J connectivity index is 1.27. The Bertz CT molecular complexity index is 963. The zero-order valence-corrected chi connectivity index (χ0v) is 16.1. The van der Waals surface area contributed by atoms with Gasteiger partial charge in [0.2, 0.25) is 5.91 Å². The summed E-state index contributed by atoms with van der Waals surface area (Å²) in [6, 6.07) is 11.3. The van der Waals surface area contributed by atoms with Crippen LogP contribution in [0.25, 0.3) is 11.4 Å². The lowest BCUT2D eigenvalue weighted by Crippen LogP contribution is -2.41. The lowest BCUT2D eigenvalue weighted by Gasteiger charge is -2.26. The number of benzene rings is 1. The van der Waals surface area contributed by atoms with Gasteiger partial charge in [0.25, 0.3) is 0 Å². The Morgan fingerprint density at radius 3 is 2.93 bits per heavy atom. The molecule has 4 rings (SSSR count). The Labute approximate surface area is 166 Å². The molecular weight excluding hydrogens is 378 g/mol. The maximum Gasteiger partial charge on any atom is 0.230 e. The maximum absolute atomic E-state index is 12.2. The molecule has 3 heterocycles. The van der Waals surface area contributed by atoms with E-state index in [1.807, 2.05) is 48.0 Å². The molecule has 9 heteroatoms. The normalized spacial score (nSPS) is 15.2. The molecule has 0 saturated heterocycles. The van der Waals surface area contributed by atoms with Crippen LogP contribution in [0.4, 0.5) is 0 Å². The van der Waals surface area contributed by atoms with Crippen molar-refractivity contribution in [2.45, 2.75) is 11.3 Å². The van der Waals surface area contributed by atoms with E-state index in [0.29, 0.717) is 29.9 Å². The quantitative estimate of drug-likeness (QED) is 0.636. The number of carbonyl (C=O) groups excluding carboxylic acids is 1. The summed E-state index contributed by atoms with van der Waals surface area (Å²) in [5.41, 5.74) is 0.878. The Hall–Kier alpha value is -3.07. The lowest BCUT2D eigenvalue weighted by molar-refractivity contribution is -0.119. The zero-order valence-electron chi connectivity index (χ0n) is 15.2. The predicted molar refractivity (Wildman–Crippen MR) is 104 cm³/mol. The van der Waals surface area contributed by atoms with E-state index < -0.39 is 0 Å². The third-order valence-corrected chi connectivity index (χ3v) is 5.20. The summed E-state index contributed by atoms with van der Waals surface area (Å²) in [6.45, 7) is 0.787. The van der Waals surface area contributed by atoms with Gasteiger partial charge >= 0.3 is 0 Å². The molecule has 144 valence electrons. The number of pyridine rings is 1. The standard InChI is InChI=1S/C19H19N5O3S/c1-24-18(13-5-4-8-20-9-13)22-23-19(24)28-12-17(25)21-10-14-11-26-15-6-2-3-7-16(15)27-14/h2-9,14H,10-12H2,1H3,(H,21,25). The number of para-hydroxylation sites is 2. The van der Waals surface area contributed by atoms with Gasteiger partial charge in [-0.15, -0.1) is 10.2 Å². The van der Waals surface area contributed by atoms with Crippen LogP contribution in [0.5, 0.6) is 11.5 Å². The van der Waals surface area contributed by atoms with Crippen LogP contribution in [-0.4, -0.2) is 50.7 Å². The van der Waals surface area contributed by atoms with Crippen molar-refractivity contribution in [1.82, 2.24) is 25.1 Å². The number of nitrogens with zero attached hydrogens (tertiary/aromatic N) is 4. The fraction of sp³-hybridized carbons (Fsp3) is 0.263. The number of aromatic nitrogens is 4. The topological polar surface area (TPSA) is 91.2 Å². The second kappa shape index (κ2) is 8.30. The fourth-order valence-corrected chi connectivity index (χ4v) is 3.50. The molecule has 8 nitrogen and oxygen atoms in total. The number of amides is 1. The summed E-state index contributed by atoms with van der Waals surface area (Å²) in [5.74, 6) is 2.28. The molecule has 1 atom stereocenters. The number of nitrogens with one attached hydrogen (secondary N) is 1. The largest absolute Gasteiger partial charge is 0.486 e. The summed E-state index contributed by atoms with van der Waals surface area (Å²) in [4.78, 5) is 16.3. The van der Waals surface area contributed by atoms with Crippen molar-refractivity contribution in [2.75, 3.05) is 18.9 Å². The molecule has 0 fully saturated rings. The molecule has 1 N–H and O–H groups in total. The fourth-order valence-electron chi connectivity index (χ4n) is 2.76. The van der Waals surface area contributed by atoms with Crippen LogP contribution in [-0.2, 0) is 11.8 Å². The molecule has 0 bridgehead atoms. The van der Waals surface area contributed by atoms with Gasteiger partial charge in [-0.1, -0.05) is 23.9 Å². The van der Waals surface area contributed by atoms with E-state index in [1.165, 1.54) is 11.8 Å². The van der Waals surface area contributed by atoms with Gasteiger partial charge in [-0.25, -0.2) is 0 Å². The first kappa shape index (κ1) is 18.3. The van der Waals surface area contributed by atoms with E-state index in [1.54, 1.807) is 12.4 Å². The van der Waals surface area contributed by atoms with Crippen molar-refractivity contribution >= 4 is 17.7 Å². The molecule has 1 unspecified atom stereocenters. The van der Waals surface area contributed by atoms with Crippen LogP contribution in [0.3, 0.4) is 0 Å². The van der Waals surface area contributed by atoms with Crippen LogP contribution in [0.15, 0.2) is 53.9 Å². The van der Waals surface area contributed by atoms with Crippen LogP contribution < -0.4 is 14.8 Å². The highest BCUT2D eigenvalue weighted by molar-refractivity contribution is 7.99. The van der Waals surface area contributed by atoms with E-state index in [-0.39, 0.29) is 17.8 Å². The van der Waals surface area contributed by atoms with Crippen molar-refractivity contribution in [3.63, 3.8) is 0 Å². The zero-order chi connectivity index (χ0) is 19.3. The average Bonchev–Trinajstić information content (AvgIpc) is 3.11. The van der Waals surface area contributed by atoms with E-state index in [2.05, 4.69) is 20.5 Å². The molecule has 28 heavy (non-hydrogen) atoms. The molecule has 2 aromatic heterocycles. The Morgan fingerprint density at radius 2 is 2.11 bits per heavy atom. The number of thioether (sulfide) groups is 1. The van der Waals surface area contributed by atoms with Gasteiger partial charge < -0.3 is 19.4 Å². The smallest absolute Gasteiger partial charge is 0.230 e. The first-order valence-corrected chi connectivity index (χ1v) is 9.77. The second-order valence-electron chi connectivity index (χ2n) is 6.20. The minimum absolute atomic E-state index is 0.0987. The molecular formula is C19H19N5O3S. The van der Waals surface area contributed by atoms with E-state index >= 15 is 0 Å². The third kappa shape index (κ3) is 4.09. The lowest BCUT2D eigenvalue weighted by atomic mass is 10.2. The third-order valence-electron chi connectivity index (χ3n) is 4.18. The number of fused-ring (bicyclic) bond motifs is 1. The van der Waals surface area contributed by atoms with E-state index in [9.17, 15) is 4.79 Å². The molecule has 1 amide bonds. The van der Waals surface area contributed by atoms with Crippen LogP contribution in [0, 0.1) is 0 Å². The molecule has 0 saturated carbocycles. The average molecular weight is 397 g/mol. The summed E-state index contributed by atoms with van der Waals surface area (Å²) >= 11 is 1.33. The Morgan fingerprint density at radius 1 is 1.25 bits per heavy atom. The molecule has 0 aliphatic carbocycles. The van der Waals surface area contributed by atoms with Gasteiger partial charge in [-0.3, -0.25) is 9.78 Å². The molecule has 1 aromatic carbocycles. The summed E-state index contributed by atoms with van der Waals surface area (Å²) in [6.07, 6.45) is 3.23. The molecule has 0 radical (unpaired) electrons. The monoisotopic (exact) mass is 397 g/mol. The SMILES string of the molecule is Cn1c(SCC(=O)NCC2COc3ccccc3O2)nnc1-c1cccnc1. The highest BCUT2D eigenvalue weighted by Gasteiger charge is 2.21. The summed E-state index contributed by atoms with van der Waals surface area (Å²) in [7, 11) is 1.87. The highest BCUT2D eigenvalue weighted by Crippen LogP contribution is 2.30. The minimum atomic E-state index is -0.212. The van der Waals surface area contributed by atoms with Crippen LogP contribution in [0.2, 0.25) is 0 Å². The van der Waals surface area contributed by atoms with Crippen molar-refractivity contribution < 1.29 is 14.3 Å². The highest BCUT2D eigenvalue weighted by atomic mass is 32.2. The molecule has 1 aliphatic rings. The molecule has 1 aliphatic heterocycles. The minimum Gasteiger partial charge on any atom is -0.486 e. The Kier molecular flexibility index (Phi) is 5.43. The molecule has 3 aromatic rings. The van der Waals surface area contributed by atoms with Gasteiger partial charge in [0, 0.05) is 25.0 Å². The van der Waals surface area contributed by atoms with E-state index in [0.717, 1.165) is 11.3 Å². The van der Waals surface area contributed by atoms with Crippen LogP contribution >= 0.6 is 11.8 Å². The van der Waals surface area contributed by atoms with Crippen molar-refractivity contribution in [1.29, 1.82) is 0 Å². The predicted octanol–water partition coefficient (Wildman–Crippen LogP) is 1.93. The first-order valence-electron chi connectivity index (χ1n) is 8.78.